The third kappa shape index (κ3) is 2.95. The number of rotatable bonds is 3. The van der Waals surface area contributed by atoms with E-state index in [-0.39, 0.29) is 17.4 Å². The number of carbonyl (C=O) groups excluding carboxylic acids is 1. The summed E-state index contributed by atoms with van der Waals surface area (Å²) < 4.78 is 29.6. The molecule has 6 heteroatoms. The summed E-state index contributed by atoms with van der Waals surface area (Å²) in [6.45, 7) is 0.0758. The van der Waals surface area contributed by atoms with Gasteiger partial charge in [0.1, 0.15) is 35.2 Å². The SMILES string of the molecule is COc1cc(OC)c2c(c1)OC/C(=C\c1ccc(Cl)c(F)c1)C2=O. The number of ether oxygens (including phenoxy) is 3. The second-order valence-electron chi connectivity index (χ2n) is 5.16. The molecule has 1 heterocycles. The van der Waals surface area contributed by atoms with Gasteiger partial charge in [0.15, 0.2) is 5.78 Å². The molecule has 0 fully saturated rings. The van der Waals surface area contributed by atoms with Crippen molar-refractivity contribution < 1.29 is 23.4 Å². The molecule has 0 saturated carbocycles. The van der Waals surface area contributed by atoms with Crippen molar-refractivity contribution in [2.24, 2.45) is 0 Å². The van der Waals surface area contributed by atoms with Crippen LogP contribution in [0.3, 0.4) is 0 Å². The number of halogens is 2. The third-order valence-electron chi connectivity index (χ3n) is 3.68. The van der Waals surface area contributed by atoms with Crippen LogP contribution >= 0.6 is 11.6 Å². The second kappa shape index (κ2) is 6.53. The average molecular weight is 349 g/mol. The van der Waals surface area contributed by atoms with Crippen molar-refractivity contribution in [3.05, 3.63) is 57.9 Å². The summed E-state index contributed by atoms with van der Waals surface area (Å²) in [5, 5.41) is 0.0301. The molecule has 0 atom stereocenters. The highest BCUT2D eigenvalue weighted by atomic mass is 35.5. The zero-order valence-corrected chi connectivity index (χ0v) is 13.8. The Kier molecular flexibility index (Phi) is 4.44. The van der Waals surface area contributed by atoms with E-state index >= 15 is 0 Å². The van der Waals surface area contributed by atoms with Gasteiger partial charge in [0.2, 0.25) is 0 Å². The molecule has 2 aromatic rings. The summed E-state index contributed by atoms with van der Waals surface area (Å²) in [7, 11) is 2.99. The van der Waals surface area contributed by atoms with Crippen LogP contribution in [0.15, 0.2) is 35.9 Å². The molecular weight excluding hydrogens is 335 g/mol. The molecule has 0 N–H and O–H groups in total. The van der Waals surface area contributed by atoms with Gasteiger partial charge < -0.3 is 14.2 Å². The maximum absolute atomic E-state index is 13.6. The summed E-state index contributed by atoms with van der Waals surface area (Å²) in [5.41, 5.74) is 1.25. The van der Waals surface area contributed by atoms with E-state index in [1.54, 1.807) is 24.3 Å². The summed E-state index contributed by atoms with van der Waals surface area (Å²) in [4.78, 5) is 12.8. The van der Waals surface area contributed by atoms with Crippen molar-refractivity contribution in [1.82, 2.24) is 0 Å². The number of carbonyl (C=O) groups is 1. The lowest BCUT2D eigenvalue weighted by Gasteiger charge is -2.21. The fraction of sp³-hybridized carbons (Fsp3) is 0.167. The topological polar surface area (TPSA) is 44.8 Å². The van der Waals surface area contributed by atoms with Gasteiger partial charge in [0.05, 0.1) is 19.2 Å². The normalized spacial score (nSPS) is 15.0. The molecule has 1 aliphatic heterocycles. The summed E-state index contributed by atoms with van der Waals surface area (Å²) in [6, 6.07) is 7.59. The van der Waals surface area contributed by atoms with Gasteiger partial charge in [-0.15, -0.1) is 0 Å². The van der Waals surface area contributed by atoms with E-state index in [9.17, 15) is 9.18 Å². The number of hydrogen-bond donors (Lipinski definition) is 0. The standard InChI is InChI=1S/C18H14ClFO4/c1-22-12-7-15(23-2)17-16(8-12)24-9-11(18(17)21)5-10-3-4-13(19)14(20)6-10/h3-8H,9H2,1-2H3/b11-5+. The fourth-order valence-electron chi connectivity index (χ4n) is 2.47. The minimum Gasteiger partial charge on any atom is -0.496 e. The van der Waals surface area contributed by atoms with E-state index in [0.29, 0.717) is 33.9 Å². The highest BCUT2D eigenvalue weighted by molar-refractivity contribution is 6.30. The first kappa shape index (κ1) is 16.3. The number of ketones is 1. The molecule has 0 spiro atoms. The van der Waals surface area contributed by atoms with Crippen LogP contribution in [0.25, 0.3) is 6.08 Å². The van der Waals surface area contributed by atoms with Gasteiger partial charge in [-0.1, -0.05) is 17.7 Å². The quantitative estimate of drug-likeness (QED) is 0.781. The average Bonchev–Trinajstić information content (AvgIpc) is 2.59. The minimum absolute atomic E-state index is 0.0301. The maximum atomic E-state index is 13.6. The van der Waals surface area contributed by atoms with Crippen LogP contribution in [0.2, 0.25) is 5.02 Å². The van der Waals surface area contributed by atoms with Gasteiger partial charge in [-0.25, -0.2) is 4.39 Å². The fourth-order valence-corrected chi connectivity index (χ4v) is 2.59. The number of benzene rings is 2. The van der Waals surface area contributed by atoms with Crippen LogP contribution in [-0.2, 0) is 0 Å². The van der Waals surface area contributed by atoms with Crippen LogP contribution < -0.4 is 14.2 Å². The molecule has 0 unspecified atom stereocenters. The van der Waals surface area contributed by atoms with Crippen LogP contribution in [-0.4, -0.2) is 26.6 Å². The molecule has 4 nitrogen and oxygen atoms in total. The van der Waals surface area contributed by atoms with Crippen molar-refractivity contribution in [2.45, 2.75) is 0 Å². The molecule has 0 aliphatic carbocycles. The number of methoxy groups -OCH3 is 2. The molecule has 0 saturated heterocycles. The lowest BCUT2D eigenvalue weighted by atomic mass is 9.97. The van der Waals surface area contributed by atoms with Crippen LogP contribution in [0.1, 0.15) is 15.9 Å². The zero-order valence-electron chi connectivity index (χ0n) is 13.1. The molecule has 0 bridgehead atoms. The van der Waals surface area contributed by atoms with E-state index in [0.717, 1.165) is 0 Å². The van der Waals surface area contributed by atoms with E-state index in [2.05, 4.69) is 0 Å². The lowest BCUT2D eigenvalue weighted by molar-refractivity contribution is 0.0997. The monoisotopic (exact) mass is 348 g/mol. The summed E-state index contributed by atoms with van der Waals surface area (Å²) in [5.74, 6) is 0.521. The van der Waals surface area contributed by atoms with Gasteiger partial charge in [-0.05, 0) is 23.8 Å². The largest absolute Gasteiger partial charge is 0.496 e. The van der Waals surface area contributed by atoms with Crippen molar-refractivity contribution in [1.29, 1.82) is 0 Å². The number of hydrogen-bond acceptors (Lipinski definition) is 4. The first-order valence-corrected chi connectivity index (χ1v) is 7.50. The molecule has 3 rings (SSSR count). The number of fused-ring (bicyclic) bond motifs is 1. The molecule has 0 radical (unpaired) electrons. The lowest BCUT2D eigenvalue weighted by Crippen LogP contribution is -2.20. The predicted octanol–water partition coefficient (Wildman–Crippen LogP) is 4.16. The van der Waals surface area contributed by atoms with Crippen LogP contribution in [0.5, 0.6) is 17.2 Å². The van der Waals surface area contributed by atoms with E-state index in [1.807, 2.05) is 0 Å². The van der Waals surface area contributed by atoms with Crippen LogP contribution in [0.4, 0.5) is 4.39 Å². The molecule has 24 heavy (non-hydrogen) atoms. The summed E-state index contributed by atoms with van der Waals surface area (Å²) in [6.07, 6.45) is 1.58. The molecule has 1 aliphatic rings. The second-order valence-corrected chi connectivity index (χ2v) is 5.57. The van der Waals surface area contributed by atoms with Gasteiger partial charge in [-0.3, -0.25) is 4.79 Å². The van der Waals surface area contributed by atoms with Gasteiger partial charge >= 0.3 is 0 Å². The molecule has 2 aromatic carbocycles. The van der Waals surface area contributed by atoms with E-state index < -0.39 is 5.82 Å². The Balaban J connectivity index is 2.02. The Labute approximate surface area is 143 Å². The Hall–Kier alpha value is -2.53. The zero-order chi connectivity index (χ0) is 17.3. The first-order valence-electron chi connectivity index (χ1n) is 7.12. The van der Waals surface area contributed by atoms with Crippen molar-refractivity contribution in [3.63, 3.8) is 0 Å². The highest BCUT2D eigenvalue weighted by Crippen LogP contribution is 2.38. The van der Waals surface area contributed by atoms with E-state index in [4.69, 9.17) is 25.8 Å². The predicted molar refractivity (Wildman–Crippen MR) is 88.8 cm³/mol. The Bertz CT molecular complexity index is 828. The number of Topliss-reactive ketones (excluding diaryl/α,β-unsaturated/α-hetero) is 1. The maximum Gasteiger partial charge on any atom is 0.199 e. The molecule has 0 amide bonds. The summed E-state index contributed by atoms with van der Waals surface area (Å²) >= 11 is 5.67. The Morgan fingerprint density at radius 2 is 2.00 bits per heavy atom. The van der Waals surface area contributed by atoms with Gasteiger partial charge in [0.25, 0.3) is 0 Å². The van der Waals surface area contributed by atoms with Gasteiger partial charge in [0, 0.05) is 17.7 Å². The molecule has 0 aromatic heterocycles. The first-order chi connectivity index (χ1) is 11.5. The van der Waals surface area contributed by atoms with Crippen LogP contribution in [0, 0.1) is 5.82 Å². The third-order valence-corrected chi connectivity index (χ3v) is 3.99. The molecular formula is C18H14ClFO4. The van der Waals surface area contributed by atoms with Gasteiger partial charge in [-0.2, -0.15) is 0 Å². The smallest absolute Gasteiger partial charge is 0.199 e. The molecule has 124 valence electrons. The Morgan fingerprint density at radius 1 is 1.21 bits per heavy atom. The highest BCUT2D eigenvalue weighted by Gasteiger charge is 2.28. The van der Waals surface area contributed by atoms with Crippen molar-refractivity contribution >= 4 is 23.5 Å². The van der Waals surface area contributed by atoms with Crippen molar-refractivity contribution in [2.75, 3.05) is 20.8 Å². The Morgan fingerprint density at radius 3 is 2.67 bits per heavy atom. The minimum atomic E-state index is -0.544. The van der Waals surface area contributed by atoms with E-state index in [1.165, 1.54) is 26.4 Å². The van der Waals surface area contributed by atoms with Crippen molar-refractivity contribution in [3.8, 4) is 17.2 Å².